The fourth-order valence-electron chi connectivity index (χ4n) is 2.52. The van der Waals surface area contributed by atoms with Crippen LogP contribution in [0.1, 0.15) is 16.7 Å². The molecule has 0 saturated carbocycles. The van der Waals surface area contributed by atoms with E-state index < -0.39 is 22.5 Å². The van der Waals surface area contributed by atoms with E-state index in [9.17, 15) is 13.2 Å². The summed E-state index contributed by atoms with van der Waals surface area (Å²) in [6.45, 7) is 5.39. The number of alkyl halides is 1. The smallest absolute Gasteiger partial charge is 0.423 e. The highest BCUT2D eigenvalue weighted by atomic mass is 79.9. The van der Waals surface area contributed by atoms with E-state index in [1.54, 1.807) is 30.7 Å². The molecule has 9 heteroatoms. The van der Waals surface area contributed by atoms with Gasteiger partial charge in [0.1, 0.15) is 11.9 Å². The van der Waals surface area contributed by atoms with Crippen LogP contribution in [-0.4, -0.2) is 31.7 Å². The number of hydrogen-bond acceptors (Lipinski definition) is 6. The zero-order chi connectivity index (χ0) is 20.7. The van der Waals surface area contributed by atoms with E-state index in [-0.39, 0.29) is 5.75 Å². The Hall–Kier alpha value is -1.71. The predicted molar refractivity (Wildman–Crippen MR) is 115 cm³/mol. The van der Waals surface area contributed by atoms with Gasteiger partial charge in [0.15, 0.2) is 0 Å². The SMILES string of the molecule is Cc1cc(C)c(OS(=O)(=O)NC(=O)OC(CBr)CSc2ccccc2)c(C)c1. The van der Waals surface area contributed by atoms with E-state index in [1.807, 2.05) is 37.3 Å². The molecule has 0 aliphatic carbocycles. The molecule has 1 amide bonds. The van der Waals surface area contributed by atoms with Crippen molar-refractivity contribution >= 4 is 44.1 Å². The highest BCUT2D eigenvalue weighted by Crippen LogP contribution is 2.25. The van der Waals surface area contributed by atoms with Crippen molar-refractivity contribution in [2.24, 2.45) is 0 Å². The van der Waals surface area contributed by atoms with Crippen molar-refractivity contribution in [3.8, 4) is 5.75 Å². The summed E-state index contributed by atoms with van der Waals surface area (Å²) in [6.07, 6.45) is -1.59. The first-order valence-electron chi connectivity index (χ1n) is 8.44. The van der Waals surface area contributed by atoms with Crippen LogP contribution in [-0.2, 0) is 15.0 Å². The van der Waals surface area contributed by atoms with Crippen LogP contribution in [0.15, 0.2) is 47.4 Å². The van der Waals surface area contributed by atoms with E-state index in [1.165, 1.54) is 11.8 Å². The molecular formula is C19H22BrNO5S2. The van der Waals surface area contributed by atoms with Gasteiger partial charge >= 0.3 is 16.4 Å². The molecule has 0 spiro atoms. The van der Waals surface area contributed by atoms with Crippen molar-refractivity contribution in [1.29, 1.82) is 0 Å². The number of rotatable bonds is 8. The quantitative estimate of drug-likeness (QED) is 0.435. The topological polar surface area (TPSA) is 81.7 Å². The molecule has 152 valence electrons. The van der Waals surface area contributed by atoms with Crippen molar-refractivity contribution in [2.45, 2.75) is 31.8 Å². The molecule has 0 bridgehead atoms. The number of nitrogens with one attached hydrogen (secondary N) is 1. The second-order valence-electron chi connectivity index (χ2n) is 6.17. The lowest BCUT2D eigenvalue weighted by molar-refractivity contribution is 0.125. The standard InChI is InChI=1S/C19H22BrNO5S2/c1-13-9-14(2)18(15(3)10-13)26-28(23,24)21-19(22)25-16(11-20)12-27-17-7-5-4-6-8-17/h4-10,16H,11-12H2,1-3H3,(H,21,22). The third-order valence-corrected chi connectivity index (χ3v) is 6.30. The first kappa shape index (κ1) is 22.6. The van der Waals surface area contributed by atoms with Gasteiger partial charge in [0.2, 0.25) is 0 Å². The Labute approximate surface area is 178 Å². The second-order valence-corrected chi connectivity index (χ2v) is 9.19. The summed E-state index contributed by atoms with van der Waals surface area (Å²) >= 11 is 4.78. The van der Waals surface area contributed by atoms with Crippen molar-refractivity contribution in [2.75, 3.05) is 11.1 Å². The normalized spacial score (nSPS) is 12.3. The van der Waals surface area contributed by atoms with Gasteiger partial charge in [-0.25, -0.2) is 4.79 Å². The molecule has 1 unspecified atom stereocenters. The number of halogens is 1. The summed E-state index contributed by atoms with van der Waals surface area (Å²) in [5.74, 6) is 0.669. The van der Waals surface area contributed by atoms with E-state index in [0.29, 0.717) is 22.2 Å². The van der Waals surface area contributed by atoms with Gasteiger partial charge in [-0.2, -0.15) is 13.1 Å². The maximum atomic E-state index is 12.2. The zero-order valence-electron chi connectivity index (χ0n) is 15.8. The van der Waals surface area contributed by atoms with Crippen molar-refractivity contribution in [3.05, 3.63) is 59.2 Å². The molecule has 28 heavy (non-hydrogen) atoms. The van der Waals surface area contributed by atoms with Gasteiger partial charge < -0.3 is 8.92 Å². The summed E-state index contributed by atoms with van der Waals surface area (Å²) in [4.78, 5) is 13.1. The fraction of sp³-hybridized carbons (Fsp3) is 0.316. The van der Waals surface area contributed by atoms with Crippen LogP contribution >= 0.6 is 27.7 Å². The lowest BCUT2D eigenvalue weighted by atomic mass is 10.1. The van der Waals surface area contributed by atoms with E-state index >= 15 is 0 Å². The Balaban J connectivity index is 1.94. The highest BCUT2D eigenvalue weighted by molar-refractivity contribution is 9.09. The first-order chi connectivity index (χ1) is 13.2. The van der Waals surface area contributed by atoms with Crippen molar-refractivity contribution < 1.29 is 22.1 Å². The van der Waals surface area contributed by atoms with Crippen LogP contribution in [0.5, 0.6) is 5.75 Å². The van der Waals surface area contributed by atoms with Crippen LogP contribution in [0, 0.1) is 20.8 Å². The molecule has 0 fully saturated rings. The van der Waals surface area contributed by atoms with Gasteiger partial charge in [0.05, 0.1) is 0 Å². The van der Waals surface area contributed by atoms with Gasteiger partial charge in [0, 0.05) is 16.0 Å². The zero-order valence-corrected chi connectivity index (χ0v) is 19.0. The van der Waals surface area contributed by atoms with Crippen molar-refractivity contribution in [3.63, 3.8) is 0 Å². The van der Waals surface area contributed by atoms with Crippen LogP contribution in [0.2, 0.25) is 0 Å². The first-order valence-corrected chi connectivity index (χ1v) is 12.0. The maximum absolute atomic E-state index is 12.2. The summed E-state index contributed by atoms with van der Waals surface area (Å²) in [6, 6.07) is 13.2. The Morgan fingerprint density at radius 2 is 1.75 bits per heavy atom. The highest BCUT2D eigenvalue weighted by Gasteiger charge is 2.22. The number of benzene rings is 2. The largest absolute Gasteiger partial charge is 0.444 e. The molecule has 1 N–H and O–H groups in total. The molecule has 2 aromatic carbocycles. The minimum absolute atomic E-state index is 0.197. The lowest BCUT2D eigenvalue weighted by Gasteiger charge is -2.17. The fourth-order valence-corrected chi connectivity index (χ4v) is 4.88. The average Bonchev–Trinajstić information content (AvgIpc) is 2.62. The number of hydrogen-bond donors (Lipinski definition) is 1. The third-order valence-electron chi connectivity index (χ3n) is 3.63. The van der Waals surface area contributed by atoms with Crippen molar-refractivity contribution in [1.82, 2.24) is 4.72 Å². The van der Waals surface area contributed by atoms with Crippen LogP contribution < -0.4 is 8.91 Å². The predicted octanol–water partition coefficient (Wildman–Crippen LogP) is 4.52. The Morgan fingerprint density at radius 3 is 2.32 bits per heavy atom. The molecule has 0 aliphatic heterocycles. The number of ether oxygens (including phenoxy) is 1. The third kappa shape index (κ3) is 7.03. The summed E-state index contributed by atoms with van der Waals surface area (Å²) in [7, 11) is -4.36. The molecule has 1 atom stereocenters. The van der Waals surface area contributed by atoms with Crippen LogP contribution in [0.4, 0.5) is 4.79 Å². The van der Waals surface area contributed by atoms with E-state index in [0.717, 1.165) is 10.5 Å². The molecule has 0 aliphatic rings. The molecular weight excluding hydrogens is 466 g/mol. The molecule has 2 rings (SSSR count). The van der Waals surface area contributed by atoms with Crippen LogP contribution in [0.25, 0.3) is 0 Å². The number of carbonyl (C=O) groups excluding carboxylic acids is 1. The molecule has 0 heterocycles. The van der Waals surface area contributed by atoms with Gasteiger partial charge in [-0.3, -0.25) is 0 Å². The molecule has 0 saturated heterocycles. The number of aryl methyl sites for hydroxylation is 3. The minimum atomic E-state index is -4.36. The summed E-state index contributed by atoms with van der Waals surface area (Å²) in [5, 5.41) is 0.372. The summed E-state index contributed by atoms with van der Waals surface area (Å²) < 4.78 is 36.5. The molecule has 6 nitrogen and oxygen atoms in total. The Kier molecular flexibility index (Phi) is 8.21. The molecule has 0 radical (unpaired) electrons. The minimum Gasteiger partial charge on any atom is -0.444 e. The Morgan fingerprint density at radius 1 is 1.14 bits per heavy atom. The molecule has 2 aromatic rings. The van der Waals surface area contributed by atoms with Gasteiger partial charge in [-0.05, 0) is 44.0 Å². The summed E-state index contributed by atoms with van der Waals surface area (Å²) in [5.41, 5.74) is 2.31. The van der Waals surface area contributed by atoms with E-state index in [2.05, 4.69) is 15.9 Å². The second kappa shape index (κ2) is 10.2. The van der Waals surface area contributed by atoms with Gasteiger partial charge in [-0.1, -0.05) is 51.8 Å². The number of amides is 1. The monoisotopic (exact) mass is 487 g/mol. The number of thioether (sulfide) groups is 1. The van der Waals surface area contributed by atoms with Crippen LogP contribution in [0.3, 0.4) is 0 Å². The maximum Gasteiger partial charge on any atom is 0.423 e. The van der Waals surface area contributed by atoms with Gasteiger partial charge in [-0.15, -0.1) is 11.8 Å². The van der Waals surface area contributed by atoms with Gasteiger partial charge in [0.25, 0.3) is 0 Å². The molecule has 0 aromatic heterocycles. The average molecular weight is 488 g/mol. The lowest BCUT2D eigenvalue weighted by Crippen LogP contribution is -2.37. The number of carbonyl (C=O) groups is 1. The van der Waals surface area contributed by atoms with E-state index in [4.69, 9.17) is 8.92 Å². The Bertz CT molecular complexity index is 896.